The molecule has 9 nitrogen and oxygen atoms in total. The maximum Gasteiger partial charge on any atom is 0.327 e. The highest BCUT2D eigenvalue weighted by molar-refractivity contribution is 14.1. The number of nitrogens with two attached hydrogens (primary N) is 2. The molecule has 0 spiro atoms. The van der Waals surface area contributed by atoms with Crippen molar-refractivity contribution in [3.05, 3.63) is 44.1 Å². The topological polar surface area (TPSA) is 156 Å². The molecule has 0 aromatic heterocycles. The number of carboxylic acids is 1. The third-order valence-electron chi connectivity index (χ3n) is 4.18. The molecule has 13 heteroatoms. The maximum absolute atomic E-state index is 12.1. The van der Waals surface area contributed by atoms with E-state index < -0.39 is 36.9 Å². The van der Waals surface area contributed by atoms with Gasteiger partial charge in [-0.25, -0.2) is 4.79 Å². The van der Waals surface area contributed by atoms with Crippen LogP contribution in [0, 0.1) is 14.3 Å². The summed E-state index contributed by atoms with van der Waals surface area (Å²) in [7, 11) is 0. The van der Waals surface area contributed by atoms with Gasteiger partial charge in [0.2, 0.25) is 11.8 Å². The van der Waals surface area contributed by atoms with E-state index in [1.54, 1.807) is 24.3 Å². The molecule has 32 heavy (non-hydrogen) atoms. The molecular weight excluding hydrogens is 874 g/mol. The van der Waals surface area contributed by atoms with E-state index in [0.29, 0.717) is 36.2 Å². The van der Waals surface area contributed by atoms with Crippen LogP contribution in [-0.4, -0.2) is 52.0 Å². The largest absolute Gasteiger partial charge is 0.506 e. The predicted octanol–water partition coefficient (Wildman–Crippen LogP) is 2.87. The summed E-state index contributed by atoms with van der Waals surface area (Å²) in [5.74, 6) is -1.68. The number of benzene rings is 2. The van der Waals surface area contributed by atoms with Gasteiger partial charge < -0.3 is 26.4 Å². The number of carboxylic acid groups (broad SMARTS) is 1. The van der Waals surface area contributed by atoms with Gasteiger partial charge in [-0.1, -0.05) is 0 Å². The first-order chi connectivity index (χ1) is 15.0. The van der Waals surface area contributed by atoms with Crippen LogP contribution in [0.1, 0.15) is 5.56 Å². The third-order valence-corrected chi connectivity index (χ3v) is 7.43. The van der Waals surface area contributed by atoms with E-state index in [1.165, 1.54) is 0 Å². The molecule has 0 aliphatic carbocycles. The summed E-state index contributed by atoms with van der Waals surface area (Å²) in [4.78, 5) is 36.8. The molecule has 0 aliphatic heterocycles. The van der Waals surface area contributed by atoms with Gasteiger partial charge in [-0.05, 0) is 120 Å². The monoisotopic (exact) mass is 891 g/mol. The number of rotatable bonds is 8. The van der Waals surface area contributed by atoms with E-state index in [9.17, 15) is 24.6 Å². The molecule has 0 saturated carbocycles. The summed E-state index contributed by atoms with van der Waals surface area (Å²) in [6, 6.07) is 5.41. The van der Waals surface area contributed by atoms with E-state index in [2.05, 4.69) is 45.2 Å². The Morgan fingerprint density at radius 1 is 0.906 bits per heavy atom. The SMILES string of the molecule is NCC(=O)N(C(=O)CN)[C@@H](Cc1cc(I)c(Oc2cc(I)c(O)c(I)c2)c(I)c1)C(=O)O. The molecule has 0 heterocycles. The number of nitrogens with zero attached hydrogens (tertiary/aromatic N) is 1. The summed E-state index contributed by atoms with van der Waals surface area (Å²) in [6.07, 6.45) is -0.117. The van der Waals surface area contributed by atoms with Crippen molar-refractivity contribution in [3.63, 3.8) is 0 Å². The van der Waals surface area contributed by atoms with Gasteiger partial charge in [0, 0.05) is 6.42 Å². The minimum atomic E-state index is -1.44. The van der Waals surface area contributed by atoms with E-state index >= 15 is 0 Å². The van der Waals surface area contributed by atoms with Crippen LogP contribution in [0.25, 0.3) is 0 Å². The average Bonchev–Trinajstić information content (AvgIpc) is 2.73. The summed E-state index contributed by atoms with van der Waals surface area (Å²) < 4.78 is 8.71. The van der Waals surface area contributed by atoms with Crippen LogP contribution in [0.4, 0.5) is 0 Å². The standard InChI is InChI=1S/C19H17I4N3O6/c20-10-4-9(5-11(21)17(10)29)32-18-12(22)1-8(2-13(18)23)3-14(19(30)31)26(15(27)6-24)16(28)7-25/h1-2,4-5,14,29H,3,6-7,24-25H2,(H,30,31)/t14-/m0/s1. The second-order valence-corrected chi connectivity index (χ2v) is 11.0. The van der Waals surface area contributed by atoms with Crippen molar-refractivity contribution in [2.24, 2.45) is 11.5 Å². The lowest BCUT2D eigenvalue weighted by molar-refractivity contribution is -0.157. The Kier molecular flexibility index (Phi) is 10.6. The van der Waals surface area contributed by atoms with Gasteiger partial charge in [-0.2, -0.15) is 0 Å². The molecule has 0 unspecified atom stereocenters. The summed E-state index contributed by atoms with van der Waals surface area (Å²) in [5.41, 5.74) is 11.3. The van der Waals surface area contributed by atoms with Crippen LogP contribution in [0.3, 0.4) is 0 Å². The van der Waals surface area contributed by atoms with E-state index in [4.69, 9.17) is 16.2 Å². The average molecular weight is 891 g/mol. The lowest BCUT2D eigenvalue weighted by Crippen LogP contribution is -2.53. The quantitative estimate of drug-likeness (QED) is 0.295. The second-order valence-electron chi connectivity index (χ2n) is 6.35. The molecule has 0 radical (unpaired) electrons. The Balaban J connectivity index is 2.38. The number of ether oxygens (including phenoxy) is 1. The number of hydrogen-bond acceptors (Lipinski definition) is 7. The normalized spacial score (nSPS) is 11.7. The molecule has 2 aromatic rings. The van der Waals surface area contributed by atoms with E-state index in [1.807, 2.05) is 45.2 Å². The van der Waals surface area contributed by atoms with Crippen molar-refractivity contribution in [1.82, 2.24) is 4.90 Å². The van der Waals surface area contributed by atoms with Gasteiger partial charge in [-0.15, -0.1) is 0 Å². The van der Waals surface area contributed by atoms with Crippen molar-refractivity contribution in [3.8, 4) is 17.2 Å². The Hall–Kier alpha value is -0.510. The number of aliphatic carboxylic acids is 1. The molecule has 1 atom stereocenters. The Morgan fingerprint density at radius 2 is 1.38 bits per heavy atom. The highest BCUT2D eigenvalue weighted by atomic mass is 127. The van der Waals surface area contributed by atoms with Crippen LogP contribution < -0.4 is 16.2 Å². The fourth-order valence-electron chi connectivity index (χ4n) is 2.74. The fourth-order valence-corrected chi connectivity index (χ4v) is 6.57. The predicted molar refractivity (Wildman–Crippen MR) is 151 cm³/mol. The molecule has 2 amide bonds. The van der Waals surface area contributed by atoms with Gasteiger partial charge in [0.05, 0.1) is 27.4 Å². The van der Waals surface area contributed by atoms with Crippen LogP contribution in [0.15, 0.2) is 24.3 Å². The maximum atomic E-state index is 12.1. The number of imide groups is 1. The number of halogens is 4. The number of carbonyl (C=O) groups is 3. The minimum absolute atomic E-state index is 0.117. The number of hydrogen-bond donors (Lipinski definition) is 4. The third kappa shape index (κ3) is 6.76. The Morgan fingerprint density at radius 3 is 1.78 bits per heavy atom. The first-order valence-electron chi connectivity index (χ1n) is 8.81. The molecular formula is C19H17I4N3O6. The number of carbonyl (C=O) groups excluding carboxylic acids is 2. The summed E-state index contributed by atoms with van der Waals surface area (Å²) >= 11 is 8.16. The zero-order valence-corrected chi connectivity index (χ0v) is 24.8. The highest BCUT2D eigenvalue weighted by Crippen LogP contribution is 2.37. The molecule has 6 N–H and O–H groups in total. The zero-order chi connectivity index (χ0) is 24.2. The molecule has 2 rings (SSSR count). The van der Waals surface area contributed by atoms with Gasteiger partial charge in [-0.3, -0.25) is 14.5 Å². The van der Waals surface area contributed by atoms with Crippen molar-refractivity contribution >= 4 is 108 Å². The number of phenolic OH excluding ortho intramolecular Hbond substituents is 1. The molecule has 0 aliphatic rings. The van der Waals surface area contributed by atoms with Crippen LogP contribution in [0.2, 0.25) is 0 Å². The molecule has 0 bridgehead atoms. The van der Waals surface area contributed by atoms with Gasteiger partial charge in [0.1, 0.15) is 17.5 Å². The second kappa shape index (κ2) is 12.3. The van der Waals surface area contributed by atoms with Crippen LogP contribution in [0.5, 0.6) is 17.2 Å². The van der Waals surface area contributed by atoms with Crippen molar-refractivity contribution in [1.29, 1.82) is 0 Å². The van der Waals surface area contributed by atoms with Gasteiger partial charge >= 0.3 is 5.97 Å². The van der Waals surface area contributed by atoms with Crippen molar-refractivity contribution < 1.29 is 29.3 Å². The highest BCUT2D eigenvalue weighted by Gasteiger charge is 2.33. The molecule has 2 aromatic carbocycles. The Bertz CT molecular complexity index is 1000. The van der Waals surface area contributed by atoms with Crippen LogP contribution >= 0.6 is 90.4 Å². The summed E-state index contributed by atoms with van der Waals surface area (Å²) in [5, 5.41) is 19.6. The van der Waals surface area contributed by atoms with E-state index in [-0.39, 0.29) is 12.2 Å². The first-order valence-corrected chi connectivity index (χ1v) is 13.1. The molecule has 172 valence electrons. The smallest absolute Gasteiger partial charge is 0.327 e. The zero-order valence-electron chi connectivity index (χ0n) is 16.1. The first kappa shape index (κ1) is 27.7. The number of phenols is 1. The van der Waals surface area contributed by atoms with Crippen molar-refractivity contribution in [2.75, 3.05) is 13.1 Å². The van der Waals surface area contributed by atoms with Gasteiger partial charge in [0.25, 0.3) is 0 Å². The number of aromatic hydroxyl groups is 1. The lowest BCUT2D eigenvalue weighted by Gasteiger charge is -2.27. The Labute approximate surface area is 238 Å². The lowest BCUT2D eigenvalue weighted by atomic mass is 10.0. The van der Waals surface area contributed by atoms with E-state index in [0.717, 1.165) is 0 Å². The fraction of sp³-hybridized carbons (Fsp3) is 0.211. The number of amides is 2. The van der Waals surface area contributed by atoms with Crippen molar-refractivity contribution in [2.45, 2.75) is 12.5 Å². The molecule has 0 saturated heterocycles. The summed E-state index contributed by atoms with van der Waals surface area (Å²) in [6.45, 7) is -1.02. The molecule has 0 fully saturated rings. The van der Waals surface area contributed by atoms with Gasteiger partial charge in [0.15, 0.2) is 5.75 Å². The minimum Gasteiger partial charge on any atom is -0.506 e. The van der Waals surface area contributed by atoms with Crippen LogP contribution in [-0.2, 0) is 20.8 Å².